The van der Waals surface area contributed by atoms with Gasteiger partial charge in [0.05, 0.1) is 25.5 Å². The molecule has 8 N–H and O–H groups in total. The van der Waals surface area contributed by atoms with Crippen molar-refractivity contribution in [1.29, 1.82) is 0 Å². The van der Waals surface area contributed by atoms with Crippen LogP contribution in [0.4, 0.5) is 0 Å². The quantitative estimate of drug-likeness (QED) is 0.0173. The maximum atomic E-state index is 13.8. The molecule has 11 atom stereocenters. The van der Waals surface area contributed by atoms with Crippen LogP contribution in [0.5, 0.6) is 0 Å². The third-order valence-electron chi connectivity index (χ3n) is 24.3. The largest absolute Gasteiger partial charge is 0.481 e. The molecular formula is C99H124N14O20. The van der Waals surface area contributed by atoms with Crippen LogP contribution in [0.2, 0.25) is 0 Å². The molecule has 0 radical (unpaired) electrons. The number of hydrogen-bond acceptors (Lipinski definition) is 22. The van der Waals surface area contributed by atoms with E-state index in [1.807, 2.05) is 172 Å². The van der Waals surface area contributed by atoms with Crippen LogP contribution in [-0.4, -0.2) is 238 Å². The molecule has 9 aliphatic rings. The molecule has 133 heavy (non-hydrogen) atoms. The fourth-order valence-corrected chi connectivity index (χ4v) is 17.5. The summed E-state index contributed by atoms with van der Waals surface area (Å²) in [6, 6.07) is 39.9. The summed E-state index contributed by atoms with van der Waals surface area (Å²) in [5.41, 5.74) is 7.34. The molecule has 9 saturated heterocycles. The van der Waals surface area contributed by atoms with Crippen molar-refractivity contribution in [2.75, 3.05) is 26.2 Å². The zero-order valence-electron chi connectivity index (χ0n) is 75.9. The summed E-state index contributed by atoms with van der Waals surface area (Å²) in [4.78, 5) is 189. The van der Waals surface area contributed by atoms with E-state index in [2.05, 4.69) is 58.2 Å². The lowest BCUT2D eigenvalue weighted by Gasteiger charge is -2.45. The zero-order valence-corrected chi connectivity index (χ0v) is 75.9. The zero-order chi connectivity index (χ0) is 95.4. The van der Waals surface area contributed by atoms with Gasteiger partial charge < -0.3 is 61.1 Å². The maximum Gasteiger partial charge on any atom is 0.331 e. The van der Waals surface area contributed by atoms with E-state index in [0.29, 0.717) is 167 Å². The number of carboxylic acid groups (broad SMARTS) is 2. The lowest BCUT2D eigenvalue weighted by Crippen LogP contribution is -2.63. The van der Waals surface area contributed by atoms with Crippen molar-refractivity contribution in [2.24, 2.45) is 0 Å². The molecule has 0 aromatic heterocycles. The average molecular weight is 1830 g/mol. The van der Waals surface area contributed by atoms with E-state index >= 15 is 0 Å². The van der Waals surface area contributed by atoms with Gasteiger partial charge in [-0.15, -0.1) is 0 Å². The molecular weight excluding hydrogens is 1710 g/mol. The summed E-state index contributed by atoms with van der Waals surface area (Å²) in [5.74, 6) is -6.42. The minimum Gasteiger partial charge on any atom is -0.481 e. The number of amides is 10. The number of nitrogens with one attached hydrogen (secondary N) is 6. The van der Waals surface area contributed by atoms with Gasteiger partial charge in [-0.05, 0) is 177 Å². The Hall–Kier alpha value is -13.5. The number of benzene rings is 5. The molecule has 5 aromatic carbocycles. The summed E-state index contributed by atoms with van der Waals surface area (Å²) in [5, 5.41) is 47.6. The van der Waals surface area contributed by atoms with E-state index in [1.54, 1.807) is 20.0 Å². The number of hydrogen-bond donors (Lipinski definition) is 8. The number of carbonyl (C=O) groups excluding carboxylic acids is 13. The van der Waals surface area contributed by atoms with E-state index in [1.165, 1.54) is 20.0 Å². The first kappa shape index (κ1) is 100. The van der Waals surface area contributed by atoms with E-state index < -0.39 is 120 Å². The first-order chi connectivity index (χ1) is 63.8. The highest BCUT2D eigenvalue weighted by molar-refractivity contribution is 5.96. The summed E-state index contributed by atoms with van der Waals surface area (Å²) in [6.07, 6.45) is 10.4. The van der Waals surface area contributed by atoms with Gasteiger partial charge in [0.25, 0.3) is 23.6 Å². The predicted octanol–water partition coefficient (Wildman–Crippen LogP) is 8.04. The molecule has 0 spiro atoms. The van der Waals surface area contributed by atoms with Gasteiger partial charge in [-0.3, -0.25) is 77.6 Å². The van der Waals surface area contributed by atoms with Crippen molar-refractivity contribution < 1.29 is 96.3 Å². The minimum atomic E-state index is -1.22. The average Bonchev–Trinajstić information content (AvgIpc) is 1.72. The second-order valence-corrected chi connectivity index (χ2v) is 35.4. The number of nitrogens with zero attached hydrogens (tertiary/aromatic N) is 8. The molecule has 1 unspecified atom stereocenters. The molecule has 0 bridgehead atoms. The number of aliphatic carboxylic acids is 2. The summed E-state index contributed by atoms with van der Waals surface area (Å²) < 4.78 is 16.7. The van der Waals surface area contributed by atoms with Crippen LogP contribution in [-0.2, 0) is 118 Å². The van der Waals surface area contributed by atoms with E-state index in [4.69, 9.17) is 19.3 Å². The highest BCUT2D eigenvalue weighted by Crippen LogP contribution is 2.35. The molecule has 14 rings (SSSR count). The van der Waals surface area contributed by atoms with Gasteiger partial charge in [0.2, 0.25) is 41.7 Å². The number of carboxylic acids is 2. The number of cyclic esters (lactones) is 1. The summed E-state index contributed by atoms with van der Waals surface area (Å²) >= 11 is 0. The van der Waals surface area contributed by atoms with Crippen LogP contribution in [0, 0.1) is 0 Å². The third kappa shape index (κ3) is 28.3. The molecule has 34 heteroatoms. The fourth-order valence-electron chi connectivity index (χ4n) is 17.5. The van der Waals surface area contributed by atoms with Crippen LogP contribution in [0.15, 0.2) is 201 Å². The van der Waals surface area contributed by atoms with Gasteiger partial charge >= 0.3 is 23.9 Å². The predicted molar refractivity (Wildman–Crippen MR) is 488 cm³/mol. The Kier molecular flexibility index (Phi) is 36.1. The third-order valence-corrected chi connectivity index (χ3v) is 24.3. The SMILES string of the molecule is C=C1CC[C@H](NC(=O)CCc2ccccc2)C(=O)N2[C@H](C(=O)N[C@H](C=O)CC(=O)O)CCCN12.C=C1CC[C@H](NC(=O)CCc2ccccc2)C(=O)N2[C@H](C(=O)N[C@H]3CC(=O)OC3OCc3ccccc3)CCCN12.C=C1CC[C@H](NC(=O)CCc2ccccc2)C(=O)N2[C@H](C(=O)O)CCCN12.C=C1CC[C@H](NC(=O)CCc2ccccc2)C(=O)N2[C@H](C(=O)OC(C)(C)C)CCCN12. The summed E-state index contributed by atoms with van der Waals surface area (Å²) in [6.45, 7) is 24.2. The number of esters is 2. The van der Waals surface area contributed by atoms with Gasteiger partial charge in [0, 0.05) is 74.7 Å². The molecule has 9 fully saturated rings. The number of rotatable bonds is 28. The number of allylic oxidation sites excluding steroid dienone is 4. The number of aldehydes is 1. The van der Waals surface area contributed by atoms with Crippen LogP contribution in [0.25, 0.3) is 0 Å². The molecule has 10 amide bonds. The Morgan fingerprint density at radius 3 is 1.06 bits per heavy atom. The summed E-state index contributed by atoms with van der Waals surface area (Å²) in [7, 11) is 0. The van der Waals surface area contributed by atoms with Crippen LogP contribution >= 0.6 is 0 Å². The smallest absolute Gasteiger partial charge is 0.331 e. The van der Waals surface area contributed by atoms with Crippen LogP contribution < -0.4 is 31.9 Å². The monoisotopic (exact) mass is 1830 g/mol. The van der Waals surface area contributed by atoms with Gasteiger partial charge in [-0.1, -0.05) is 178 Å². The topological polar surface area (TPSA) is 422 Å². The highest BCUT2D eigenvalue weighted by atomic mass is 16.7. The van der Waals surface area contributed by atoms with E-state index in [9.17, 15) is 77.0 Å². The van der Waals surface area contributed by atoms with Crippen molar-refractivity contribution in [2.45, 2.75) is 267 Å². The minimum absolute atomic E-state index is 0.0254. The van der Waals surface area contributed by atoms with Crippen LogP contribution in [0.1, 0.15) is 190 Å². The van der Waals surface area contributed by atoms with Gasteiger partial charge in [-0.25, -0.2) is 29.6 Å². The number of carbonyl (C=O) groups is 15. The Balaban J connectivity index is 0.000000173. The van der Waals surface area contributed by atoms with Crippen molar-refractivity contribution >= 4 is 89.2 Å². The Morgan fingerprint density at radius 1 is 0.429 bits per heavy atom. The van der Waals surface area contributed by atoms with Crippen LogP contribution in [0.3, 0.4) is 0 Å². The first-order valence-corrected chi connectivity index (χ1v) is 45.9. The second-order valence-electron chi connectivity index (χ2n) is 35.4. The van der Waals surface area contributed by atoms with Crippen molar-refractivity contribution in [3.05, 3.63) is 229 Å². The van der Waals surface area contributed by atoms with Crippen molar-refractivity contribution in [3.63, 3.8) is 0 Å². The number of aryl methyl sites for hydroxylation is 4. The maximum absolute atomic E-state index is 13.8. The van der Waals surface area contributed by atoms with Gasteiger partial charge in [0.15, 0.2) is 12.1 Å². The first-order valence-electron chi connectivity index (χ1n) is 45.9. The molecule has 0 saturated carbocycles. The Bertz CT molecular complexity index is 5000. The standard InChI is InChI=1S/C31H36N4O6.C24H30N4O6.C24H33N3O4.C20H25N3O4/c1-21-14-16-24(32-27(36)17-15-22-9-4-2-5-10-22)30(39)35-26(13-8-18-34(21)35)29(38)33-25-19-28(37)41-31(25)40-20-23-11-6-3-7-12-23;1-16-9-11-19(26-21(30)12-10-17-6-3-2-4-7-17)24(34)28-20(8-5-13-27(16)28)23(33)25-18(15-29)14-22(31)32;1-17-12-14-19(25-21(28)15-13-18-9-6-5-7-10-18)22(29)27-20(11-8-16-26(17)27)23(30)31-24(2,3)4;1-14-9-11-16(21-18(24)12-10-15-6-3-2-4-7-15)19(25)23-17(20(26)27)8-5-13-22(14)23/h2-7,9-12,24-26,31H,1,8,13-20H2,(H,32,36)(H,33,38);2-4,6-7,15,18-20H,1,5,8-14H2,(H,25,33)(H,26,30)(H,31,32);5-7,9-10,19-20H,1,8,11-16H2,2-4H3,(H,25,28);2-4,6-7,16-17H,1,5,8-13H2,(H,21,24)(H,26,27)/t24-,25-,26-,31?;18-,19-,20-;19-,20-;16-,17-/m0000/s1. The number of hydrazine groups is 4. The van der Waals surface area contributed by atoms with Crippen molar-refractivity contribution in [1.82, 2.24) is 72.0 Å². The van der Waals surface area contributed by atoms with Gasteiger partial charge in [-0.2, -0.15) is 0 Å². The fraction of sp³-hybridized carbons (Fsp3) is 0.465. The number of ether oxygens (including phenoxy) is 3. The number of fused-ring (bicyclic) bond motifs is 4. The molecule has 9 aliphatic heterocycles. The van der Waals surface area contributed by atoms with Gasteiger partial charge in [0.1, 0.15) is 54.2 Å². The Labute approximate surface area is 775 Å². The normalized spacial score (nSPS) is 22.7. The molecule has 9 heterocycles. The van der Waals surface area contributed by atoms with E-state index in [0.717, 1.165) is 51.3 Å². The molecule has 710 valence electrons. The lowest BCUT2D eigenvalue weighted by molar-refractivity contribution is -0.181. The molecule has 34 nitrogen and oxygen atoms in total. The molecule has 5 aromatic rings. The lowest BCUT2D eigenvalue weighted by atomic mass is 10.0. The van der Waals surface area contributed by atoms with E-state index in [-0.39, 0.29) is 73.6 Å². The second kappa shape index (κ2) is 48.0. The highest BCUT2D eigenvalue weighted by Gasteiger charge is 2.50. The van der Waals surface area contributed by atoms with Crippen molar-refractivity contribution in [3.8, 4) is 0 Å². The Morgan fingerprint density at radius 2 is 0.737 bits per heavy atom. The molecule has 0 aliphatic carbocycles.